The third kappa shape index (κ3) is 3.11. The summed E-state index contributed by atoms with van der Waals surface area (Å²) < 4.78 is 3.86. The number of hydrogen-bond donors (Lipinski definition) is 0. The van der Waals surface area contributed by atoms with Crippen molar-refractivity contribution in [3.8, 4) is 11.4 Å². The molecule has 2 aromatic heterocycles. The molecule has 0 saturated carbocycles. The minimum absolute atomic E-state index is 0.198. The quantitative estimate of drug-likeness (QED) is 0.516. The van der Waals surface area contributed by atoms with Crippen molar-refractivity contribution in [3.05, 3.63) is 88.7 Å². The van der Waals surface area contributed by atoms with Gasteiger partial charge in [0.25, 0.3) is 0 Å². The van der Waals surface area contributed by atoms with E-state index in [2.05, 4.69) is 15.1 Å². The molecule has 0 spiro atoms. The van der Waals surface area contributed by atoms with Gasteiger partial charge in [-0.2, -0.15) is 5.10 Å². The molecule has 4 rings (SSSR count). The lowest BCUT2D eigenvalue weighted by atomic mass is 10.0. The topological polar surface area (TPSA) is 48.5 Å². The SMILES string of the molecule is Cn1cncc1C(c1ccc(Cl)cc1)n1ncnc1-c1cccc(Cl)c1. The molecule has 26 heavy (non-hydrogen) atoms. The number of rotatable bonds is 4. The maximum atomic E-state index is 6.17. The highest BCUT2D eigenvalue weighted by Gasteiger charge is 2.24. The van der Waals surface area contributed by atoms with E-state index in [1.165, 1.54) is 0 Å². The van der Waals surface area contributed by atoms with Gasteiger partial charge < -0.3 is 4.57 Å². The van der Waals surface area contributed by atoms with Crippen LogP contribution >= 0.6 is 23.2 Å². The van der Waals surface area contributed by atoms with Crippen molar-refractivity contribution in [1.82, 2.24) is 24.3 Å². The molecular formula is C19H15Cl2N5. The number of aryl methyl sites for hydroxylation is 1. The van der Waals surface area contributed by atoms with Crippen LogP contribution in [-0.4, -0.2) is 24.3 Å². The molecule has 0 N–H and O–H groups in total. The lowest BCUT2D eigenvalue weighted by Crippen LogP contribution is -2.17. The summed E-state index contributed by atoms with van der Waals surface area (Å²) in [5, 5.41) is 5.85. The minimum Gasteiger partial charge on any atom is -0.336 e. The molecule has 0 aliphatic heterocycles. The van der Waals surface area contributed by atoms with Gasteiger partial charge in [0.2, 0.25) is 0 Å². The number of halogens is 2. The summed E-state index contributed by atoms with van der Waals surface area (Å²) in [4.78, 5) is 8.73. The van der Waals surface area contributed by atoms with Crippen molar-refractivity contribution in [2.24, 2.45) is 7.05 Å². The number of hydrogen-bond acceptors (Lipinski definition) is 3. The maximum Gasteiger partial charge on any atom is 0.159 e. The fourth-order valence-corrected chi connectivity index (χ4v) is 3.30. The molecule has 1 unspecified atom stereocenters. The summed E-state index contributed by atoms with van der Waals surface area (Å²) >= 11 is 12.2. The second-order valence-corrected chi connectivity index (χ2v) is 6.79. The van der Waals surface area contributed by atoms with Crippen LogP contribution in [0, 0.1) is 0 Å². The van der Waals surface area contributed by atoms with Gasteiger partial charge in [-0.3, -0.25) is 0 Å². The number of benzene rings is 2. The normalized spacial score (nSPS) is 12.3. The van der Waals surface area contributed by atoms with Gasteiger partial charge in [-0.05, 0) is 29.8 Å². The Labute approximate surface area is 160 Å². The zero-order chi connectivity index (χ0) is 18.1. The third-order valence-corrected chi connectivity index (χ3v) is 4.71. The van der Waals surface area contributed by atoms with Crippen LogP contribution in [-0.2, 0) is 7.05 Å². The van der Waals surface area contributed by atoms with Crippen LogP contribution < -0.4 is 0 Å². The fourth-order valence-electron chi connectivity index (χ4n) is 2.99. The van der Waals surface area contributed by atoms with E-state index in [1.54, 1.807) is 12.7 Å². The number of nitrogens with zero attached hydrogens (tertiary/aromatic N) is 5. The second-order valence-electron chi connectivity index (χ2n) is 5.92. The third-order valence-electron chi connectivity index (χ3n) is 4.22. The van der Waals surface area contributed by atoms with E-state index >= 15 is 0 Å². The average Bonchev–Trinajstić information content (AvgIpc) is 3.27. The Morgan fingerprint density at radius 3 is 2.50 bits per heavy atom. The van der Waals surface area contributed by atoms with Gasteiger partial charge in [-0.25, -0.2) is 14.6 Å². The average molecular weight is 384 g/mol. The molecule has 5 nitrogen and oxygen atoms in total. The molecule has 7 heteroatoms. The van der Waals surface area contributed by atoms with E-state index < -0.39 is 0 Å². The second kappa shape index (κ2) is 6.94. The summed E-state index contributed by atoms with van der Waals surface area (Å²) in [7, 11) is 1.96. The Hall–Kier alpha value is -2.63. The minimum atomic E-state index is -0.198. The maximum absolute atomic E-state index is 6.17. The fraction of sp³-hybridized carbons (Fsp3) is 0.105. The molecule has 0 aliphatic rings. The van der Waals surface area contributed by atoms with Crippen LogP contribution in [0.5, 0.6) is 0 Å². The van der Waals surface area contributed by atoms with Crippen LogP contribution in [0.25, 0.3) is 11.4 Å². The van der Waals surface area contributed by atoms with Crippen LogP contribution in [0.4, 0.5) is 0 Å². The van der Waals surface area contributed by atoms with Crippen molar-refractivity contribution in [3.63, 3.8) is 0 Å². The molecule has 0 radical (unpaired) electrons. The standard InChI is InChI=1S/C19H15Cl2N5/c1-25-12-22-10-17(25)18(13-5-7-15(20)8-6-13)26-19(23-11-24-26)14-3-2-4-16(21)9-14/h2-12,18H,1H3. The van der Waals surface area contributed by atoms with Gasteiger partial charge in [-0.1, -0.05) is 47.5 Å². The number of imidazole rings is 1. The van der Waals surface area contributed by atoms with E-state index in [1.807, 2.05) is 71.0 Å². The molecule has 1 atom stereocenters. The first-order valence-electron chi connectivity index (χ1n) is 8.00. The van der Waals surface area contributed by atoms with Crippen LogP contribution in [0.1, 0.15) is 17.3 Å². The zero-order valence-corrected chi connectivity index (χ0v) is 15.4. The number of aromatic nitrogens is 5. The molecule has 0 bridgehead atoms. The Morgan fingerprint density at radius 2 is 1.81 bits per heavy atom. The molecular weight excluding hydrogens is 369 g/mol. The molecule has 0 fully saturated rings. The predicted octanol–water partition coefficient (Wildman–Crippen LogP) is 4.62. The van der Waals surface area contributed by atoms with Gasteiger partial charge in [0, 0.05) is 22.7 Å². The summed E-state index contributed by atoms with van der Waals surface area (Å²) in [6.07, 6.45) is 5.16. The zero-order valence-electron chi connectivity index (χ0n) is 13.9. The van der Waals surface area contributed by atoms with Crippen LogP contribution in [0.3, 0.4) is 0 Å². The largest absolute Gasteiger partial charge is 0.336 e. The molecule has 0 aliphatic carbocycles. The Kier molecular flexibility index (Phi) is 4.49. The smallest absolute Gasteiger partial charge is 0.159 e. The molecule has 2 heterocycles. The van der Waals surface area contributed by atoms with Gasteiger partial charge in [0.15, 0.2) is 5.82 Å². The molecule has 0 saturated heterocycles. The van der Waals surface area contributed by atoms with E-state index in [-0.39, 0.29) is 6.04 Å². The van der Waals surface area contributed by atoms with E-state index in [4.69, 9.17) is 23.2 Å². The summed E-state index contributed by atoms with van der Waals surface area (Å²) in [5.41, 5.74) is 2.92. The summed E-state index contributed by atoms with van der Waals surface area (Å²) in [5.74, 6) is 0.730. The van der Waals surface area contributed by atoms with E-state index in [9.17, 15) is 0 Å². The summed E-state index contributed by atoms with van der Waals surface area (Å²) in [6, 6.07) is 15.1. The lowest BCUT2D eigenvalue weighted by molar-refractivity contribution is 0.568. The molecule has 2 aromatic carbocycles. The van der Waals surface area contributed by atoms with Crippen LogP contribution in [0.2, 0.25) is 10.0 Å². The Morgan fingerprint density at radius 1 is 1.00 bits per heavy atom. The van der Waals surface area contributed by atoms with E-state index in [0.717, 1.165) is 22.6 Å². The molecule has 0 amide bonds. The monoisotopic (exact) mass is 383 g/mol. The highest BCUT2D eigenvalue weighted by atomic mass is 35.5. The van der Waals surface area contributed by atoms with Crippen molar-refractivity contribution >= 4 is 23.2 Å². The van der Waals surface area contributed by atoms with Crippen LogP contribution in [0.15, 0.2) is 67.4 Å². The Bertz CT molecular complexity index is 1040. The van der Waals surface area contributed by atoms with Gasteiger partial charge in [0.05, 0.1) is 18.2 Å². The first kappa shape index (κ1) is 16.8. The highest BCUT2D eigenvalue weighted by molar-refractivity contribution is 6.31. The lowest BCUT2D eigenvalue weighted by Gasteiger charge is -2.20. The van der Waals surface area contributed by atoms with Gasteiger partial charge in [-0.15, -0.1) is 0 Å². The first-order valence-corrected chi connectivity index (χ1v) is 8.76. The summed E-state index contributed by atoms with van der Waals surface area (Å²) in [6.45, 7) is 0. The van der Waals surface area contributed by atoms with Gasteiger partial charge >= 0.3 is 0 Å². The van der Waals surface area contributed by atoms with Crippen molar-refractivity contribution in [1.29, 1.82) is 0 Å². The predicted molar refractivity (Wildman–Crippen MR) is 102 cm³/mol. The first-order chi connectivity index (χ1) is 12.6. The van der Waals surface area contributed by atoms with Crippen molar-refractivity contribution in [2.45, 2.75) is 6.04 Å². The Balaban J connectivity index is 1.90. The van der Waals surface area contributed by atoms with Gasteiger partial charge in [0.1, 0.15) is 12.4 Å². The van der Waals surface area contributed by atoms with Crippen molar-refractivity contribution < 1.29 is 0 Å². The molecule has 4 aromatic rings. The van der Waals surface area contributed by atoms with Crippen molar-refractivity contribution in [2.75, 3.05) is 0 Å². The van der Waals surface area contributed by atoms with E-state index in [0.29, 0.717) is 10.0 Å². The molecule has 130 valence electrons. The highest BCUT2D eigenvalue weighted by Crippen LogP contribution is 2.31.